The van der Waals surface area contributed by atoms with Crippen molar-refractivity contribution in [3.05, 3.63) is 0 Å². The Bertz CT molecular complexity index is 164. The normalized spacial score (nSPS) is 30.5. The van der Waals surface area contributed by atoms with Crippen LogP contribution in [0.4, 0.5) is 0 Å². The second kappa shape index (κ2) is 2.86. The summed E-state index contributed by atoms with van der Waals surface area (Å²) in [6.45, 7) is -0.737. The fourth-order valence-electron chi connectivity index (χ4n) is 0.861. The highest BCUT2D eigenvalue weighted by Gasteiger charge is 2.39. The molecule has 0 aromatic carbocycles. The van der Waals surface area contributed by atoms with Crippen LogP contribution in [-0.4, -0.2) is 46.2 Å². The summed E-state index contributed by atoms with van der Waals surface area (Å²) >= 11 is 0. The van der Waals surface area contributed by atoms with Crippen molar-refractivity contribution in [2.75, 3.05) is 13.2 Å². The van der Waals surface area contributed by atoms with Crippen LogP contribution in [0.5, 0.6) is 0 Å². The zero-order valence-corrected chi connectivity index (χ0v) is 5.86. The lowest BCUT2D eigenvalue weighted by Gasteiger charge is -2.29. The topological polar surface area (TPSA) is 87.0 Å². The van der Waals surface area contributed by atoms with Crippen LogP contribution in [0.1, 0.15) is 6.42 Å². The summed E-state index contributed by atoms with van der Waals surface area (Å²) in [5.74, 6) is -3.06. The number of ether oxygens (including phenoxy) is 1. The Morgan fingerprint density at radius 3 is 2.73 bits per heavy atom. The van der Waals surface area contributed by atoms with Crippen LogP contribution in [0.25, 0.3) is 0 Å². The SMILES string of the molecule is O=C1CC(CO)OCC1(O)O. The Kier molecular flexibility index (Phi) is 2.24. The highest BCUT2D eigenvalue weighted by molar-refractivity contribution is 5.86. The number of hydrogen-bond acceptors (Lipinski definition) is 5. The molecule has 0 radical (unpaired) electrons. The van der Waals surface area contributed by atoms with Crippen molar-refractivity contribution in [2.24, 2.45) is 0 Å². The highest BCUT2D eigenvalue weighted by atomic mass is 16.6. The van der Waals surface area contributed by atoms with Crippen molar-refractivity contribution in [1.82, 2.24) is 0 Å². The Labute approximate surface area is 63.2 Å². The lowest BCUT2D eigenvalue weighted by Crippen LogP contribution is -2.50. The molecule has 0 aliphatic carbocycles. The molecule has 1 unspecified atom stereocenters. The number of aliphatic hydroxyl groups is 3. The first-order valence-electron chi connectivity index (χ1n) is 3.27. The molecule has 5 nitrogen and oxygen atoms in total. The van der Waals surface area contributed by atoms with E-state index >= 15 is 0 Å². The van der Waals surface area contributed by atoms with E-state index in [1.165, 1.54) is 0 Å². The van der Waals surface area contributed by atoms with Crippen LogP contribution in [-0.2, 0) is 9.53 Å². The first-order chi connectivity index (χ1) is 5.06. The molecule has 5 heteroatoms. The minimum atomic E-state index is -2.36. The molecule has 1 atom stereocenters. The van der Waals surface area contributed by atoms with Gasteiger partial charge in [-0.15, -0.1) is 0 Å². The fourth-order valence-corrected chi connectivity index (χ4v) is 0.861. The Balaban J connectivity index is 2.55. The first kappa shape index (κ1) is 8.61. The lowest BCUT2D eigenvalue weighted by molar-refractivity contribution is -0.226. The summed E-state index contributed by atoms with van der Waals surface area (Å²) < 4.78 is 4.74. The van der Waals surface area contributed by atoms with Crippen LogP contribution < -0.4 is 0 Å². The molecule has 1 aliphatic heterocycles. The number of carbonyl (C=O) groups is 1. The molecule has 3 N–H and O–H groups in total. The fraction of sp³-hybridized carbons (Fsp3) is 0.833. The van der Waals surface area contributed by atoms with E-state index in [0.717, 1.165) is 0 Å². The second-order valence-electron chi connectivity index (χ2n) is 2.56. The molecule has 64 valence electrons. The minimum Gasteiger partial charge on any atom is -0.394 e. The van der Waals surface area contributed by atoms with Crippen molar-refractivity contribution in [3.63, 3.8) is 0 Å². The summed E-state index contributed by atoms with van der Waals surface area (Å²) in [6, 6.07) is 0. The molecule has 1 saturated heterocycles. The van der Waals surface area contributed by atoms with Gasteiger partial charge in [0.25, 0.3) is 0 Å². The molecule has 1 aliphatic rings. The number of hydrogen-bond donors (Lipinski definition) is 3. The van der Waals surface area contributed by atoms with Crippen LogP contribution >= 0.6 is 0 Å². The van der Waals surface area contributed by atoms with Gasteiger partial charge in [0.2, 0.25) is 5.79 Å². The number of rotatable bonds is 1. The van der Waals surface area contributed by atoms with E-state index in [2.05, 4.69) is 0 Å². The Morgan fingerprint density at radius 2 is 2.27 bits per heavy atom. The first-order valence-corrected chi connectivity index (χ1v) is 3.27. The smallest absolute Gasteiger partial charge is 0.248 e. The molecular weight excluding hydrogens is 152 g/mol. The average Bonchev–Trinajstić information content (AvgIpc) is 1.95. The Hall–Kier alpha value is -0.490. The van der Waals surface area contributed by atoms with E-state index in [1.54, 1.807) is 0 Å². The minimum absolute atomic E-state index is 0.149. The monoisotopic (exact) mass is 162 g/mol. The van der Waals surface area contributed by atoms with Crippen molar-refractivity contribution in [3.8, 4) is 0 Å². The largest absolute Gasteiger partial charge is 0.394 e. The molecule has 0 amide bonds. The van der Waals surface area contributed by atoms with E-state index in [4.69, 9.17) is 20.1 Å². The predicted octanol–water partition coefficient (Wildman–Crippen LogP) is -1.98. The van der Waals surface area contributed by atoms with Crippen molar-refractivity contribution in [2.45, 2.75) is 18.3 Å². The zero-order chi connectivity index (χ0) is 8.48. The highest BCUT2D eigenvalue weighted by Crippen LogP contribution is 2.16. The average molecular weight is 162 g/mol. The third-order valence-corrected chi connectivity index (χ3v) is 1.58. The van der Waals surface area contributed by atoms with Gasteiger partial charge in [-0.25, -0.2) is 0 Å². The maximum absolute atomic E-state index is 10.8. The number of ketones is 1. The van der Waals surface area contributed by atoms with Gasteiger partial charge in [-0.2, -0.15) is 0 Å². The molecule has 1 heterocycles. The molecule has 0 spiro atoms. The molecule has 11 heavy (non-hydrogen) atoms. The molecule has 0 aromatic rings. The maximum Gasteiger partial charge on any atom is 0.248 e. The van der Waals surface area contributed by atoms with Gasteiger partial charge in [-0.3, -0.25) is 4.79 Å². The van der Waals surface area contributed by atoms with Crippen LogP contribution in [0.2, 0.25) is 0 Å². The molecule has 0 aromatic heterocycles. The van der Waals surface area contributed by atoms with Gasteiger partial charge in [-0.1, -0.05) is 0 Å². The summed E-state index contributed by atoms with van der Waals surface area (Å²) in [5.41, 5.74) is 0. The van der Waals surface area contributed by atoms with E-state index < -0.39 is 24.3 Å². The summed E-state index contributed by atoms with van der Waals surface area (Å²) in [7, 11) is 0. The number of carbonyl (C=O) groups excluding carboxylic acids is 1. The lowest BCUT2D eigenvalue weighted by atomic mass is 10.0. The standard InChI is InChI=1S/C6H10O5/c7-2-4-1-5(8)6(9,10)3-11-4/h4,7,9-10H,1-3H2. The molecule has 1 fully saturated rings. The third kappa shape index (κ3) is 1.75. The van der Waals surface area contributed by atoms with Crippen LogP contribution in [0.15, 0.2) is 0 Å². The molecule has 0 saturated carbocycles. The Morgan fingerprint density at radius 1 is 1.64 bits per heavy atom. The zero-order valence-electron chi connectivity index (χ0n) is 5.86. The van der Waals surface area contributed by atoms with Gasteiger partial charge in [0.1, 0.15) is 6.61 Å². The second-order valence-corrected chi connectivity index (χ2v) is 2.56. The summed E-state index contributed by atoms with van der Waals surface area (Å²) in [5, 5.41) is 26.2. The van der Waals surface area contributed by atoms with Gasteiger partial charge < -0.3 is 20.1 Å². The molecular formula is C6H10O5. The van der Waals surface area contributed by atoms with Gasteiger partial charge >= 0.3 is 0 Å². The van der Waals surface area contributed by atoms with Gasteiger partial charge in [0.05, 0.1) is 12.7 Å². The van der Waals surface area contributed by atoms with E-state index in [1.807, 2.05) is 0 Å². The van der Waals surface area contributed by atoms with Gasteiger partial charge in [0, 0.05) is 6.42 Å². The molecule has 1 rings (SSSR count). The van der Waals surface area contributed by atoms with E-state index in [0.29, 0.717) is 0 Å². The number of Topliss-reactive ketones (excluding diaryl/α,β-unsaturated/α-hetero) is 1. The van der Waals surface area contributed by atoms with Crippen LogP contribution in [0, 0.1) is 0 Å². The van der Waals surface area contributed by atoms with Crippen LogP contribution in [0.3, 0.4) is 0 Å². The van der Waals surface area contributed by atoms with E-state index in [-0.39, 0.29) is 13.0 Å². The predicted molar refractivity (Wildman–Crippen MR) is 33.6 cm³/mol. The van der Waals surface area contributed by atoms with Gasteiger partial charge in [0.15, 0.2) is 5.78 Å². The quantitative estimate of drug-likeness (QED) is 0.389. The van der Waals surface area contributed by atoms with Crippen molar-refractivity contribution in [1.29, 1.82) is 0 Å². The maximum atomic E-state index is 10.8. The van der Waals surface area contributed by atoms with Crippen molar-refractivity contribution >= 4 is 5.78 Å². The summed E-state index contributed by atoms with van der Waals surface area (Å²) in [6.07, 6.45) is -0.737. The van der Waals surface area contributed by atoms with Gasteiger partial charge in [-0.05, 0) is 0 Å². The number of aliphatic hydroxyl groups excluding tert-OH is 1. The van der Waals surface area contributed by atoms with E-state index in [9.17, 15) is 4.79 Å². The third-order valence-electron chi connectivity index (χ3n) is 1.58. The summed E-state index contributed by atoms with van der Waals surface area (Å²) in [4.78, 5) is 10.8. The van der Waals surface area contributed by atoms with Crippen molar-refractivity contribution < 1.29 is 24.9 Å². The molecule has 0 bridgehead atoms.